The molecule has 120 valence electrons. The standard InChI is InChI=1S/C16H25F2NO2/c1-4-19-15(11-21-9-8-20-10-12(2)3)13-6-5-7-14(17)16(13)18/h5-7,12,15,19H,4,8-11H2,1-3H3. The van der Waals surface area contributed by atoms with Crippen LogP contribution in [0.1, 0.15) is 32.4 Å². The van der Waals surface area contributed by atoms with E-state index in [1.165, 1.54) is 6.07 Å². The number of benzene rings is 1. The second-order valence-electron chi connectivity index (χ2n) is 5.30. The molecular formula is C16H25F2NO2. The van der Waals surface area contributed by atoms with E-state index in [2.05, 4.69) is 19.2 Å². The van der Waals surface area contributed by atoms with Crippen LogP contribution < -0.4 is 5.32 Å². The van der Waals surface area contributed by atoms with Crippen molar-refractivity contribution in [3.63, 3.8) is 0 Å². The van der Waals surface area contributed by atoms with Crippen LogP contribution in [-0.4, -0.2) is 33.0 Å². The SMILES string of the molecule is CCNC(COCCOCC(C)C)c1cccc(F)c1F. The zero-order valence-corrected chi connectivity index (χ0v) is 13.0. The fourth-order valence-electron chi connectivity index (χ4n) is 1.93. The first-order valence-corrected chi connectivity index (χ1v) is 7.39. The third-order valence-electron chi connectivity index (χ3n) is 2.92. The van der Waals surface area contributed by atoms with E-state index in [1.54, 1.807) is 6.07 Å². The maximum atomic E-state index is 13.8. The van der Waals surface area contributed by atoms with E-state index in [9.17, 15) is 8.78 Å². The summed E-state index contributed by atoms with van der Waals surface area (Å²) < 4.78 is 38.0. The summed E-state index contributed by atoms with van der Waals surface area (Å²) in [6.07, 6.45) is 0. The van der Waals surface area contributed by atoms with Crippen LogP contribution in [0.3, 0.4) is 0 Å². The highest BCUT2D eigenvalue weighted by Gasteiger charge is 2.17. The fraction of sp³-hybridized carbons (Fsp3) is 0.625. The first-order chi connectivity index (χ1) is 10.1. The van der Waals surface area contributed by atoms with Gasteiger partial charge in [-0.15, -0.1) is 0 Å². The Bertz CT molecular complexity index is 413. The van der Waals surface area contributed by atoms with Crippen molar-refractivity contribution in [1.29, 1.82) is 0 Å². The van der Waals surface area contributed by atoms with Gasteiger partial charge in [0.2, 0.25) is 0 Å². The summed E-state index contributed by atoms with van der Waals surface area (Å²) in [5, 5.41) is 3.10. The van der Waals surface area contributed by atoms with Gasteiger partial charge in [-0.05, 0) is 18.5 Å². The lowest BCUT2D eigenvalue weighted by Crippen LogP contribution is -2.27. The zero-order valence-electron chi connectivity index (χ0n) is 13.0. The molecule has 1 N–H and O–H groups in total. The third-order valence-corrected chi connectivity index (χ3v) is 2.92. The molecule has 0 aliphatic carbocycles. The molecule has 0 aromatic heterocycles. The van der Waals surface area contributed by atoms with Gasteiger partial charge in [0.25, 0.3) is 0 Å². The van der Waals surface area contributed by atoms with Crippen LogP contribution in [0.15, 0.2) is 18.2 Å². The Labute approximate surface area is 125 Å². The molecule has 0 saturated carbocycles. The normalized spacial score (nSPS) is 12.9. The highest BCUT2D eigenvalue weighted by Crippen LogP contribution is 2.19. The molecule has 1 atom stereocenters. The number of rotatable bonds is 10. The Kier molecular flexibility index (Phi) is 8.42. The largest absolute Gasteiger partial charge is 0.379 e. The van der Waals surface area contributed by atoms with Crippen molar-refractivity contribution < 1.29 is 18.3 Å². The maximum Gasteiger partial charge on any atom is 0.163 e. The maximum absolute atomic E-state index is 13.8. The Balaban J connectivity index is 2.45. The molecule has 0 spiro atoms. The molecule has 5 heteroatoms. The summed E-state index contributed by atoms with van der Waals surface area (Å²) in [5.41, 5.74) is 0.292. The zero-order chi connectivity index (χ0) is 15.7. The van der Waals surface area contributed by atoms with Crippen molar-refractivity contribution in [3.05, 3.63) is 35.4 Å². The fourth-order valence-corrected chi connectivity index (χ4v) is 1.93. The Morgan fingerprint density at radius 1 is 1.10 bits per heavy atom. The van der Waals surface area contributed by atoms with Gasteiger partial charge in [-0.2, -0.15) is 0 Å². The van der Waals surface area contributed by atoms with Crippen LogP contribution in [0.25, 0.3) is 0 Å². The van der Waals surface area contributed by atoms with Crippen LogP contribution in [0.4, 0.5) is 8.78 Å². The Morgan fingerprint density at radius 3 is 2.38 bits per heavy atom. The second-order valence-corrected chi connectivity index (χ2v) is 5.30. The molecule has 0 radical (unpaired) electrons. The smallest absolute Gasteiger partial charge is 0.163 e. The van der Waals surface area contributed by atoms with Crippen LogP contribution in [0, 0.1) is 17.6 Å². The van der Waals surface area contributed by atoms with Gasteiger partial charge >= 0.3 is 0 Å². The molecule has 0 fully saturated rings. The van der Waals surface area contributed by atoms with Crippen LogP contribution in [0.5, 0.6) is 0 Å². The molecule has 1 rings (SSSR count). The van der Waals surface area contributed by atoms with Crippen molar-refractivity contribution in [2.24, 2.45) is 5.92 Å². The van der Waals surface area contributed by atoms with Crippen molar-refractivity contribution >= 4 is 0 Å². The predicted molar refractivity (Wildman–Crippen MR) is 79.3 cm³/mol. The highest BCUT2D eigenvalue weighted by atomic mass is 19.2. The summed E-state index contributed by atoms with van der Waals surface area (Å²) >= 11 is 0. The molecule has 0 aliphatic rings. The van der Waals surface area contributed by atoms with Gasteiger partial charge in [0.1, 0.15) is 0 Å². The van der Waals surface area contributed by atoms with E-state index in [0.29, 0.717) is 37.8 Å². The lowest BCUT2D eigenvalue weighted by molar-refractivity contribution is 0.0300. The van der Waals surface area contributed by atoms with Crippen LogP contribution in [0.2, 0.25) is 0 Å². The molecule has 1 aromatic carbocycles. The van der Waals surface area contributed by atoms with E-state index in [1.807, 2.05) is 6.92 Å². The molecule has 0 aliphatic heterocycles. The number of likely N-dealkylation sites (N-methyl/N-ethyl adjacent to an activating group) is 1. The molecule has 0 saturated heterocycles. The monoisotopic (exact) mass is 301 g/mol. The molecular weight excluding hydrogens is 276 g/mol. The van der Waals surface area contributed by atoms with Crippen molar-refractivity contribution in [3.8, 4) is 0 Å². The second kappa shape index (κ2) is 9.82. The first kappa shape index (κ1) is 18.0. The summed E-state index contributed by atoms with van der Waals surface area (Å²) in [7, 11) is 0. The van der Waals surface area contributed by atoms with Gasteiger partial charge in [0.05, 0.1) is 25.9 Å². The Hall–Kier alpha value is -1.04. The average molecular weight is 301 g/mol. The molecule has 0 bridgehead atoms. The number of ether oxygens (including phenoxy) is 2. The average Bonchev–Trinajstić information content (AvgIpc) is 2.44. The van der Waals surface area contributed by atoms with Gasteiger partial charge in [-0.3, -0.25) is 0 Å². The van der Waals surface area contributed by atoms with Crippen molar-refractivity contribution in [2.75, 3.05) is 33.0 Å². The number of hydrogen-bond acceptors (Lipinski definition) is 3. The lowest BCUT2D eigenvalue weighted by atomic mass is 10.1. The van der Waals surface area contributed by atoms with Gasteiger partial charge in [0.15, 0.2) is 11.6 Å². The van der Waals surface area contributed by atoms with Crippen molar-refractivity contribution in [2.45, 2.75) is 26.8 Å². The molecule has 3 nitrogen and oxygen atoms in total. The lowest BCUT2D eigenvalue weighted by Gasteiger charge is -2.19. The minimum absolute atomic E-state index is 0.277. The van der Waals surface area contributed by atoms with Crippen LogP contribution >= 0.6 is 0 Å². The summed E-state index contributed by atoms with van der Waals surface area (Å²) in [4.78, 5) is 0. The van der Waals surface area contributed by atoms with E-state index in [-0.39, 0.29) is 12.6 Å². The molecule has 21 heavy (non-hydrogen) atoms. The van der Waals surface area contributed by atoms with Crippen molar-refractivity contribution in [1.82, 2.24) is 5.32 Å². The topological polar surface area (TPSA) is 30.5 Å². The summed E-state index contributed by atoms with van der Waals surface area (Å²) in [6, 6.07) is 3.83. The number of nitrogens with one attached hydrogen (secondary N) is 1. The van der Waals surface area contributed by atoms with Gasteiger partial charge in [-0.25, -0.2) is 8.78 Å². The summed E-state index contributed by atoms with van der Waals surface area (Å²) in [6.45, 7) is 8.62. The van der Waals surface area contributed by atoms with E-state index < -0.39 is 11.6 Å². The number of hydrogen-bond donors (Lipinski definition) is 1. The van der Waals surface area contributed by atoms with E-state index in [4.69, 9.17) is 9.47 Å². The molecule has 0 heterocycles. The van der Waals surface area contributed by atoms with Gasteiger partial charge in [-0.1, -0.05) is 32.9 Å². The predicted octanol–water partition coefficient (Wildman–Crippen LogP) is 3.30. The number of halogens is 2. The Morgan fingerprint density at radius 2 is 1.76 bits per heavy atom. The molecule has 1 unspecified atom stereocenters. The minimum atomic E-state index is -0.837. The highest BCUT2D eigenvalue weighted by molar-refractivity contribution is 5.22. The minimum Gasteiger partial charge on any atom is -0.379 e. The van der Waals surface area contributed by atoms with Gasteiger partial charge < -0.3 is 14.8 Å². The van der Waals surface area contributed by atoms with E-state index >= 15 is 0 Å². The first-order valence-electron chi connectivity index (χ1n) is 7.39. The summed E-state index contributed by atoms with van der Waals surface area (Å²) in [5.74, 6) is -1.17. The third kappa shape index (κ3) is 6.50. The van der Waals surface area contributed by atoms with Crippen LogP contribution in [-0.2, 0) is 9.47 Å². The van der Waals surface area contributed by atoms with Gasteiger partial charge in [0, 0.05) is 12.2 Å². The quantitative estimate of drug-likeness (QED) is 0.673. The molecule has 0 amide bonds. The van der Waals surface area contributed by atoms with E-state index in [0.717, 1.165) is 6.07 Å². The molecule has 1 aromatic rings.